The van der Waals surface area contributed by atoms with Crippen LogP contribution in [0.4, 0.5) is 0 Å². The van der Waals surface area contributed by atoms with Gasteiger partial charge < -0.3 is 15.5 Å². The third-order valence-corrected chi connectivity index (χ3v) is 3.03. The third kappa shape index (κ3) is 3.48. The van der Waals surface area contributed by atoms with Crippen molar-refractivity contribution in [3.8, 4) is 11.5 Å². The smallest absolute Gasteiger partial charge is 0.120 e. The molecule has 0 aliphatic heterocycles. The third-order valence-electron chi connectivity index (χ3n) is 3.03. The van der Waals surface area contributed by atoms with E-state index in [1.807, 2.05) is 23.9 Å². The topological polar surface area (TPSA) is 70.3 Å². The van der Waals surface area contributed by atoms with Gasteiger partial charge in [0, 0.05) is 30.0 Å². The summed E-state index contributed by atoms with van der Waals surface area (Å²) < 4.78 is 1.85. The molecule has 102 valence electrons. The van der Waals surface area contributed by atoms with Gasteiger partial charge in [-0.3, -0.25) is 4.68 Å². The summed E-state index contributed by atoms with van der Waals surface area (Å²) in [6.07, 6.45) is 3.66. The van der Waals surface area contributed by atoms with Crippen molar-refractivity contribution < 1.29 is 10.2 Å². The lowest BCUT2D eigenvalue weighted by atomic mass is 10.1. The molecule has 0 aliphatic rings. The number of phenolic OH excluding ortho intramolecular Hbond substituents is 2. The molecule has 0 amide bonds. The molecule has 0 saturated carbocycles. The fourth-order valence-electron chi connectivity index (χ4n) is 2.15. The van der Waals surface area contributed by atoms with Gasteiger partial charge in [-0.05, 0) is 38.1 Å². The van der Waals surface area contributed by atoms with Gasteiger partial charge in [-0.15, -0.1) is 0 Å². The van der Waals surface area contributed by atoms with Gasteiger partial charge in [0.2, 0.25) is 0 Å². The Kier molecular flexibility index (Phi) is 4.06. The molecule has 0 fully saturated rings. The first-order valence-electron chi connectivity index (χ1n) is 6.31. The zero-order valence-electron chi connectivity index (χ0n) is 11.1. The van der Waals surface area contributed by atoms with Crippen molar-refractivity contribution in [1.82, 2.24) is 15.1 Å². The molecule has 0 radical (unpaired) electrons. The number of aromatic hydroxyl groups is 2. The van der Waals surface area contributed by atoms with Crippen molar-refractivity contribution in [3.63, 3.8) is 0 Å². The predicted molar refractivity (Wildman–Crippen MR) is 73.0 cm³/mol. The molecule has 0 saturated heterocycles. The molecule has 3 N–H and O–H groups in total. The van der Waals surface area contributed by atoms with E-state index in [2.05, 4.69) is 17.3 Å². The van der Waals surface area contributed by atoms with Crippen LogP contribution < -0.4 is 5.32 Å². The van der Waals surface area contributed by atoms with Crippen molar-refractivity contribution >= 4 is 0 Å². The van der Waals surface area contributed by atoms with E-state index in [0.29, 0.717) is 5.56 Å². The molecule has 1 aromatic heterocycles. The zero-order valence-corrected chi connectivity index (χ0v) is 11.1. The Bertz CT molecular complexity index is 525. The van der Waals surface area contributed by atoms with Crippen LogP contribution >= 0.6 is 0 Å². The molecule has 2 rings (SSSR count). The molecule has 0 spiro atoms. The lowest BCUT2D eigenvalue weighted by Crippen LogP contribution is -2.32. The standard InChI is InChI=1S/C14H19N3O2/c1-10(9-17-7-3-6-15-17)16-11(2)13-8-12(18)4-5-14(13)19/h3-8,10-11,16,18-19H,9H2,1-2H3. The van der Waals surface area contributed by atoms with Gasteiger partial charge in [0.1, 0.15) is 11.5 Å². The van der Waals surface area contributed by atoms with Crippen molar-refractivity contribution in [1.29, 1.82) is 0 Å². The average Bonchev–Trinajstić information content (AvgIpc) is 2.84. The molecule has 2 atom stereocenters. The minimum absolute atomic E-state index is 0.0577. The number of aromatic nitrogens is 2. The summed E-state index contributed by atoms with van der Waals surface area (Å²) >= 11 is 0. The Morgan fingerprint density at radius 1 is 1.32 bits per heavy atom. The second kappa shape index (κ2) is 5.75. The summed E-state index contributed by atoms with van der Waals surface area (Å²) in [7, 11) is 0. The van der Waals surface area contributed by atoms with E-state index < -0.39 is 0 Å². The minimum atomic E-state index is -0.0577. The number of nitrogens with one attached hydrogen (secondary N) is 1. The number of phenols is 2. The van der Waals surface area contributed by atoms with Crippen molar-refractivity contribution in [2.24, 2.45) is 0 Å². The van der Waals surface area contributed by atoms with Crippen LogP contribution in [0.3, 0.4) is 0 Å². The van der Waals surface area contributed by atoms with Gasteiger partial charge in [-0.25, -0.2) is 0 Å². The van der Waals surface area contributed by atoms with Crippen LogP contribution in [0.25, 0.3) is 0 Å². The number of hydrogen-bond acceptors (Lipinski definition) is 4. The molecular weight excluding hydrogens is 242 g/mol. The Labute approximate surface area is 112 Å². The summed E-state index contributed by atoms with van der Waals surface area (Å²) in [6.45, 7) is 4.75. The number of hydrogen-bond donors (Lipinski definition) is 3. The molecule has 0 bridgehead atoms. The highest BCUT2D eigenvalue weighted by molar-refractivity contribution is 5.40. The van der Waals surface area contributed by atoms with Gasteiger partial charge >= 0.3 is 0 Å². The molecule has 19 heavy (non-hydrogen) atoms. The van der Waals surface area contributed by atoms with Crippen LogP contribution in [0.1, 0.15) is 25.5 Å². The first-order chi connectivity index (χ1) is 9.06. The molecule has 1 heterocycles. The summed E-state index contributed by atoms with van der Waals surface area (Å²) in [4.78, 5) is 0. The highest BCUT2D eigenvalue weighted by atomic mass is 16.3. The number of benzene rings is 1. The molecule has 1 aromatic carbocycles. The summed E-state index contributed by atoms with van der Waals surface area (Å²) in [5.41, 5.74) is 0.687. The van der Waals surface area contributed by atoms with E-state index in [9.17, 15) is 10.2 Å². The molecule has 2 aromatic rings. The maximum absolute atomic E-state index is 9.81. The van der Waals surface area contributed by atoms with Gasteiger partial charge in [-0.2, -0.15) is 5.10 Å². The van der Waals surface area contributed by atoms with E-state index >= 15 is 0 Å². The van der Waals surface area contributed by atoms with Crippen molar-refractivity contribution in [2.45, 2.75) is 32.5 Å². The Morgan fingerprint density at radius 2 is 2.11 bits per heavy atom. The van der Waals surface area contributed by atoms with Gasteiger partial charge in [-0.1, -0.05) is 0 Å². The maximum atomic E-state index is 9.81. The second-order valence-corrected chi connectivity index (χ2v) is 4.76. The lowest BCUT2D eigenvalue weighted by Gasteiger charge is -2.21. The van der Waals surface area contributed by atoms with E-state index in [1.165, 1.54) is 12.1 Å². The number of nitrogens with zero attached hydrogens (tertiary/aromatic N) is 2. The molecule has 2 unspecified atom stereocenters. The van der Waals surface area contributed by atoms with Gasteiger partial charge in [0.25, 0.3) is 0 Å². The quantitative estimate of drug-likeness (QED) is 0.720. The van der Waals surface area contributed by atoms with Crippen molar-refractivity contribution in [3.05, 3.63) is 42.2 Å². The fraction of sp³-hybridized carbons (Fsp3) is 0.357. The van der Waals surface area contributed by atoms with Crippen LogP contribution in [0.5, 0.6) is 11.5 Å². The first kappa shape index (κ1) is 13.4. The van der Waals surface area contributed by atoms with E-state index in [1.54, 1.807) is 12.3 Å². The van der Waals surface area contributed by atoms with E-state index in [-0.39, 0.29) is 23.6 Å². The Balaban J connectivity index is 2.00. The maximum Gasteiger partial charge on any atom is 0.120 e. The predicted octanol–water partition coefficient (Wildman–Crippen LogP) is 2.03. The van der Waals surface area contributed by atoms with Crippen LogP contribution in [0.15, 0.2) is 36.7 Å². The fourth-order valence-corrected chi connectivity index (χ4v) is 2.15. The van der Waals surface area contributed by atoms with Crippen LogP contribution in [-0.4, -0.2) is 26.0 Å². The van der Waals surface area contributed by atoms with Crippen LogP contribution in [-0.2, 0) is 6.54 Å². The highest BCUT2D eigenvalue weighted by Crippen LogP contribution is 2.27. The monoisotopic (exact) mass is 261 g/mol. The Morgan fingerprint density at radius 3 is 2.79 bits per heavy atom. The van der Waals surface area contributed by atoms with Crippen LogP contribution in [0.2, 0.25) is 0 Å². The summed E-state index contributed by atoms with van der Waals surface area (Å²) in [5.74, 6) is 0.338. The van der Waals surface area contributed by atoms with Crippen molar-refractivity contribution in [2.75, 3.05) is 0 Å². The largest absolute Gasteiger partial charge is 0.508 e. The van der Waals surface area contributed by atoms with Gasteiger partial charge in [0.05, 0.1) is 6.54 Å². The molecule has 0 aliphatic carbocycles. The normalized spacial score (nSPS) is 14.2. The summed E-state index contributed by atoms with van der Waals surface area (Å²) in [6, 6.07) is 6.57. The molecule has 5 heteroatoms. The first-order valence-corrected chi connectivity index (χ1v) is 6.31. The molecule has 5 nitrogen and oxygen atoms in total. The SMILES string of the molecule is CC(Cn1cccn1)NC(C)c1cc(O)ccc1O. The highest BCUT2D eigenvalue weighted by Gasteiger charge is 2.14. The lowest BCUT2D eigenvalue weighted by molar-refractivity contribution is 0.396. The summed E-state index contributed by atoms with van der Waals surface area (Å²) in [5, 5.41) is 26.8. The minimum Gasteiger partial charge on any atom is -0.508 e. The average molecular weight is 261 g/mol. The number of rotatable bonds is 5. The Hall–Kier alpha value is -2.01. The molecular formula is C14H19N3O2. The van der Waals surface area contributed by atoms with Gasteiger partial charge in [0.15, 0.2) is 0 Å². The van der Waals surface area contributed by atoms with E-state index in [0.717, 1.165) is 6.54 Å². The second-order valence-electron chi connectivity index (χ2n) is 4.76. The van der Waals surface area contributed by atoms with Crippen LogP contribution in [0, 0.1) is 0 Å². The zero-order chi connectivity index (χ0) is 13.8. The van der Waals surface area contributed by atoms with E-state index in [4.69, 9.17) is 0 Å².